The number of amides is 1. The maximum atomic E-state index is 13.0. The van der Waals surface area contributed by atoms with Gasteiger partial charge in [0.25, 0.3) is 5.91 Å². The zero-order valence-corrected chi connectivity index (χ0v) is 17.9. The minimum Gasteiger partial charge on any atom is -0.508 e. The van der Waals surface area contributed by atoms with Crippen molar-refractivity contribution < 1.29 is 19.4 Å². The largest absolute Gasteiger partial charge is 0.508 e. The summed E-state index contributed by atoms with van der Waals surface area (Å²) >= 11 is 1.15. The Labute approximate surface area is 183 Å². The van der Waals surface area contributed by atoms with E-state index in [9.17, 15) is 14.7 Å². The average molecular weight is 436 g/mol. The highest BCUT2D eigenvalue weighted by Crippen LogP contribution is 2.33. The van der Waals surface area contributed by atoms with Gasteiger partial charge in [-0.25, -0.2) is 9.79 Å². The number of aliphatic imine (C=N–C) groups is 1. The molecule has 7 nitrogen and oxygen atoms in total. The summed E-state index contributed by atoms with van der Waals surface area (Å²) in [5.41, 5.74) is 3.73. The lowest BCUT2D eigenvalue weighted by Gasteiger charge is -2.15. The predicted octanol–water partition coefficient (Wildman–Crippen LogP) is 4.04. The predicted molar refractivity (Wildman–Crippen MR) is 121 cm³/mol. The van der Waals surface area contributed by atoms with Crippen molar-refractivity contribution in [2.45, 2.75) is 13.3 Å². The van der Waals surface area contributed by atoms with Gasteiger partial charge in [-0.1, -0.05) is 17.7 Å². The highest BCUT2D eigenvalue weighted by molar-refractivity contribution is 8.18. The lowest BCUT2D eigenvalue weighted by molar-refractivity contribution is -0.135. The van der Waals surface area contributed by atoms with Crippen LogP contribution in [-0.2, 0) is 20.7 Å². The van der Waals surface area contributed by atoms with Crippen molar-refractivity contribution in [1.29, 1.82) is 0 Å². The molecule has 0 spiro atoms. The third-order valence-electron chi connectivity index (χ3n) is 4.95. The molecule has 1 aromatic heterocycles. The van der Waals surface area contributed by atoms with Crippen molar-refractivity contribution in [3.63, 3.8) is 0 Å². The highest BCUT2D eigenvalue weighted by Gasteiger charge is 2.34. The molecule has 2 heterocycles. The lowest BCUT2D eigenvalue weighted by Crippen LogP contribution is -2.31. The zero-order valence-electron chi connectivity index (χ0n) is 17.1. The minimum atomic E-state index is -0.584. The lowest BCUT2D eigenvalue weighted by atomic mass is 10.1. The highest BCUT2D eigenvalue weighted by atomic mass is 32.2. The number of rotatable bonds is 5. The third kappa shape index (κ3) is 4.49. The molecular weight excluding hydrogens is 414 g/mol. The second-order valence-electron chi connectivity index (χ2n) is 7.11. The summed E-state index contributed by atoms with van der Waals surface area (Å²) < 4.78 is 4.67. The number of carbonyl (C=O) groups excluding carboxylic acids is 2. The molecule has 3 aromatic rings. The fourth-order valence-electron chi connectivity index (χ4n) is 3.29. The molecule has 0 aliphatic carbocycles. The molecule has 1 aliphatic heterocycles. The second kappa shape index (κ2) is 8.69. The van der Waals surface area contributed by atoms with E-state index >= 15 is 0 Å². The van der Waals surface area contributed by atoms with Crippen molar-refractivity contribution in [3.8, 4) is 5.75 Å². The number of esters is 1. The van der Waals surface area contributed by atoms with Gasteiger partial charge in [0, 0.05) is 29.7 Å². The van der Waals surface area contributed by atoms with Crippen LogP contribution in [0, 0.1) is 6.92 Å². The van der Waals surface area contributed by atoms with Crippen LogP contribution in [0.1, 0.15) is 11.1 Å². The number of carbonyl (C=O) groups is 2. The number of hydrogen-bond acceptors (Lipinski definition) is 6. The molecule has 2 aromatic carbocycles. The van der Waals surface area contributed by atoms with Crippen LogP contribution in [0.2, 0.25) is 0 Å². The van der Waals surface area contributed by atoms with E-state index in [-0.39, 0.29) is 16.6 Å². The summed E-state index contributed by atoms with van der Waals surface area (Å²) in [5.74, 6) is -0.686. The van der Waals surface area contributed by atoms with E-state index in [1.54, 1.807) is 17.0 Å². The number of methoxy groups -OCH3 is 1. The van der Waals surface area contributed by atoms with Gasteiger partial charge in [-0.3, -0.25) is 9.69 Å². The first-order valence-electron chi connectivity index (χ1n) is 9.68. The van der Waals surface area contributed by atoms with Gasteiger partial charge < -0.3 is 14.8 Å². The van der Waals surface area contributed by atoms with Crippen LogP contribution in [0.4, 0.5) is 5.69 Å². The number of H-pyrrole nitrogens is 1. The van der Waals surface area contributed by atoms with Crippen molar-refractivity contribution in [2.75, 3.05) is 13.7 Å². The Morgan fingerprint density at radius 2 is 2.03 bits per heavy atom. The minimum absolute atomic E-state index is 0.186. The summed E-state index contributed by atoms with van der Waals surface area (Å²) in [7, 11) is 1.27. The van der Waals surface area contributed by atoms with Crippen LogP contribution >= 0.6 is 11.8 Å². The molecule has 0 radical (unpaired) electrons. The Balaban J connectivity index is 1.63. The Bertz CT molecular complexity index is 1210. The van der Waals surface area contributed by atoms with Crippen LogP contribution in [0.3, 0.4) is 0 Å². The van der Waals surface area contributed by atoms with Crippen molar-refractivity contribution in [3.05, 3.63) is 70.8 Å². The van der Waals surface area contributed by atoms with Gasteiger partial charge >= 0.3 is 5.97 Å². The molecule has 1 fully saturated rings. The number of aromatic hydroxyl groups is 1. The molecule has 0 bridgehead atoms. The fourth-order valence-corrected chi connectivity index (χ4v) is 4.27. The standard InChI is InChI=1S/C23H21N3O4S/c1-14-3-5-16(6-4-14)25-23-26(22(29)20(31-23)12-21(28)30-2)10-9-15-13-24-19-8-7-17(27)11-18(15)19/h3-8,11-13,24,27H,9-10H2,1-2H3/b20-12+,25-23?. The van der Waals surface area contributed by atoms with Crippen LogP contribution in [0.25, 0.3) is 10.9 Å². The number of hydrogen-bond donors (Lipinski definition) is 2. The number of phenolic OH excluding ortho intramolecular Hbond substituents is 1. The molecule has 0 saturated carbocycles. The summed E-state index contributed by atoms with van der Waals surface area (Å²) in [4.78, 5) is 34.3. The average Bonchev–Trinajstić information content (AvgIpc) is 3.28. The third-order valence-corrected chi connectivity index (χ3v) is 5.96. The SMILES string of the molecule is COC(=O)/C=C1/SC(=Nc2ccc(C)cc2)N(CCc2c[nH]c3ccc(O)cc23)C1=O. The summed E-state index contributed by atoms with van der Waals surface area (Å²) in [6.07, 6.45) is 3.62. The van der Waals surface area contributed by atoms with Gasteiger partial charge in [-0.2, -0.15) is 0 Å². The monoisotopic (exact) mass is 435 g/mol. The number of amidine groups is 1. The normalized spacial score (nSPS) is 16.6. The van der Waals surface area contributed by atoms with E-state index in [1.807, 2.05) is 43.5 Å². The van der Waals surface area contributed by atoms with Crippen molar-refractivity contribution in [2.24, 2.45) is 4.99 Å². The van der Waals surface area contributed by atoms with E-state index in [0.717, 1.165) is 39.5 Å². The molecule has 158 valence electrons. The van der Waals surface area contributed by atoms with Crippen molar-refractivity contribution >= 4 is 45.4 Å². The van der Waals surface area contributed by atoms with Crippen LogP contribution in [0.15, 0.2) is 64.6 Å². The molecule has 0 unspecified atom stereocenters. The molecule has 1 aliphatic rings. The number of aryl methyl sites for hydroxylation is 1. The van der Waals surface area contributed by atoms with Gasteiger partial charge in [0.1, 0.15) is 5.75 Å². The quantitative estimate of drug-likeness (QED) is 0.466. The van der Waals surface area contributed by atoms with Gasteiger partial charge in [0.2, 0.25) is 0 Å². The summed E-state index contributed by atoms with van der Waals surface area (Å²) in [6.45, 7) is 2.37. The van der Waals surface area contributed by atoms with Gasteiger partial charge in [0.15, 0.2) is 5.17 Å². The van der Waals surface area contributed by atoms with E-state index in [4.69, 9.17) is 0 Å². The van der Waals surface area contributed by atoms with E-state index in [2.05, 4.69) is 14.7 Å². The Morgan fingerprint density at radius 3 is 2.77 bits per heavy atom. The number of phenols is 1. The molecule has 1 saturated heterocycles. The zero-order chi connectivity index (χ0) is 22.0. The maximum Gasteiger partial charge on any atom is 0.331 e. The van der Waals surface area contributed by atoms with Crippen LogP contribution in [-0.4, -0.2) is 45.7 Å². The Hall–Kier alpha value is -3.52. The first-order chi connectivity index (χ1) is 14.9. The number of aromatic nitrogens is 1. The second-order valence-corrected chi connectivity index (χ2v) is 8.12. The van der Waals surface area contributed by atoms with Gasteiger partial charge in [0.05, 0.1) is 17.7 Å². The number of thioether (sulfide) groups is 1. The van der Waals surface area contributed by atoms with Crippen LogP contribution < -0.4 is 0 Å². The number of benzene rings is 2. The topological polar surface area (TPSA) is 95.0 Å². The van der Waals surface area contributed by atoms with E-state index in [0.29, 0.717) is 18.1 Å². The smallest absolute Gasteiger partial charge is 0.331 e. The Kier molecular flexibility index (Phi) is 5.81. The van der Waals surface area contributed by atoms with E-state index < -0.39 is 5.97 Å². The molecule has 31 heavy (non-hydrogen) atoms. The van der Waals surface area contributed by atoms with E-state index in [1.165, 1.54) is 13.2 Å². The number of aromatic amines is 1. The molecule has 0 atom stereocenters. The van der Waals surface area contributed by atoms with Crippen LogP contribution in [0.5, 0.6) is 5.75 Å². The number of fused-ring (bicyclic) bond motifs is 1. The molecule has 2 N–H and O–H groups in total. The molecular formula is C23H21N3O4S. The maximum absolute atomic E-state index is 13.0. The Morgan fingerprint density at radius 1 is 1.26 bits per heavy atom. The first-order valence-corrected chi connectivity index (χ1v) is 10.5. The number of ether oxygens (including phenoxy) is 1. The summed E-state index contributed by atoms with van der Waals surface area (Å²) in [6, 6.07) is 12.8. The fraction of sp³-hybridized carbons (Fsp3) is 0.174. The number of nitrogens with one attached hydrogen (secondary N) is 1. The first kappa shape index (κ1) is 20.7. The van der Waals surface area contributed by atoms with Gasteiger partial charge in [-0.15, -0.1) is 0 Å². The van der Waals surface area contributed by atoms with Gasteiger partial charge in [-0.05, 0) is 61.0 Å². The molecule has 8 heteroatoms. The summed E-state index contributed by atoms with van der Waals surface area (Å²) in [5, 5.41) is 11.2. The van der Waals surface area contributed by atoms with Crippen molar-refractivity contribution in [1.82, 2.24) is 9.88 Å². The molecule has 1 amide bonds. The number of nitrogens with zero attached hydrogens (tertiary/aromatic N) is 2. The molecule has 4 rings (SSSR count).